The van der Waals surface area contributed by atoms with E-state index in [1.807, 2.05) is 17.8 Å². The highest BCUT2D eigenvalue weighted by atomic mass is 19.1. The van der Waals surface area contributed by atoms with Crippen molar-refractivity contribution in [2.24, 2.45) is 7.05 Å². The van der Waals surface area contributed by atoms with E-state index in [9.17, 15) is 9.18 Å². The summed E-state index contributed by atoms with van der Waals surface area (Å²) >= 11 is 0. The first kappa shape index (κ1) is 14.9. The minimum Gasteiger partial charge on any atom is -0.337 e. The molecule has 1 aromatic carbocycles. The SMILES string of the molecule is CN(Cc1nccn1C)C(=O)c1cn(-c2ccc(F)cc2)nn1. The van der Waals surface area contributed by atoms with Gasteiger partial charge >= 0.3 is 0 Å². The van der Waals surface area contributed by atoms with Crippen LogP contribution in [0.4, 0.5) is 4.39 Å². The van der Waals surface area contributed by atoms with Crippen molar-refractivity contribution in [2.75, 3.05) is 7.05 Å². The molecule has 0 fully saturated rings. The number of rotatable bonds is 4. The molecule has 0 bridgehead atoms. The highest BCUT2D eigenvalue weighted by molar-refractivity contribution is 5.91. The van der Waals surface area contributed by atoms with Crippen LogP contribution in [0.15, 0.2) is 42.9 Å². The molecule has 8 heteroatoms. The van der Waals surface area contributed by atoms with Crippen LogP contribution in [-0.2, 0) is 13.6 Å². The molecule has 0 saturated heterocycles. The van der Waals surface area contributed by atoms with Gasteiger partial charge in [0, 0.05) is 26.5 Å². The van der Waals surface area contributed by atoms with Gasteiger partial charge in [-0.1, -0.05) is 5.21 Å². The second-order valence-electron chi connectivity index (χ2n) is 5.14. The van der Waals surface area contributed by atoms with Gasteiger partial charge < -0.3 is 9.47 Å². The summed E-state index contributed by atoms with van der Waals surface area (Å²) in [6, 6.07) is 5.78. The molecule has 118 valence electrons. The summed E-state index contributed by atoms with van der Waals surface area (Å²) in [5.74, 6) is 0.174. The molecule has 0 radical (unpaired) electrons. The Balaban J connectivity index is 1.75. The van der Waals surface area contributed by atoms with Crippen molar-refractivity contribution in [1.29, 1.82) is 0 Å². The summed E-state index contributed by atoms with van der Waals surface area (Å²) < 4.78 is 16.2. The maximum atomic E-state index is 12.9. The molecule has 0 N–H and O–H groups in total. The van der Waals surface area contributed by atoms with Crippen molar-refractivity contribution < 1.29 is 9.18 Å². The van der Waals surface area contributed by atoms with Gasteiger partial charge in [-0.05, 0) is 24.3 Å². The third-order valence-corrected chi connectivity index (χ3v) is 3.45. The van der Waals surface area contributed by atoms with E-state index in [0.29, 0.717) is 12.2 Å². The molecule has 2 heterocycles. The third-order valence-electron chi connectivity index (χ3n) is 3.45. The van der Waals surface area contributed by atoms with Crippen LogP contribution in [0.25, 0.3) is 5.69 Å². The number of aryl methyl sites for hydroxylation is 1. The lowest BCUT2D eigenvalue weighted by Crippen LogP contribution is -2.27. The van der Waals surface area contributed by atoms with Crippen LogP contribution < -0.4 is 0 Å². The molecule has 0 aliphatic rings. The molecule has 3 aromatic rings. The first-order valence-corrected chi connectivity index (χ1v) is 6.94. The number of imidazole rings is 1. The number of benzene rings is 1. The molecule has 0 unspecified atom stereocenters. The van der Waals surface area contributed by atoms with Crippen LogP contribution in [-0.4, -0.2) is 42.4 Å². The van der Waals surface area contributed by atoms with Gasteiger partial charge in [0.25, 0.3) is 5.91 Å². The lowest BCUT2D eigenvalue weighted by molar-refractivity contribution is 0.0774. The molecule has 2 aromatic heterocycles. The van der Waals surface area contributed by atoms with Crippen LogP contribution in [0.2, 0.25) is 0 Å². The number of halogens is 1. The van der Waals surface area contributed by atoms with Gasteiger partial charge in [0.1, 0.15) is 11.6 Å². The van der Waals surface area contributed by atoms with Gasteiger partial charge in [-0.2, -0.15) is 0 Å². The number of carbonyl (C=O) groups excluding carboxylic acids is 1. The standard InChI is InChI=1S/C15H15FN6O/c1-20-8-7-17-14(20)10-21(2)15(23)13-9-22(19-18-13)12-5-3-11(16)4-6-12/h3-9H,10H2,1-2H3. The molecule has 0 spiro atoms. The van der Waals surface area contributed by atoms with Crippen molar-refractivity contribution in [3.05, 3.63) is 60.2 Å². The molecular weight excluding hydrogens is 299 g/mol. The van der Waals surface area contributed by atoms with Gasteiger partial charge in [0.05, 0.1) is 18.4 Å². The smallest absolute Gasteiger partial charge is 0.276 e. The maximum absolute atomic E-state index is 12.9. The molecular formula is C15H15FN6O. The second-order valence-corrected chi connectivity index (χ2v) is 5.14. The molecule has 0 saturated carbocycles. The number of hydrogen-bond acceptors (Lipinski definition) is 4. The summed E-state index contributed by atoms with van der Waals surface area (Å²) in [4.78, 5) is 18.1. The second kappa shape index (κ2) is 5.99. The Hall–Kier alpha value is -3.03. The molecule has 0 atom stereocenters. The fraction of sp³-hybridized carbons (Fsp3) is 0.200. The zero-order chi connectivity index (χ0) is 16.4. The van der Waals surface area contributed by atoms with E-state index in [2.05, 4.69) is 15.3 Å². The Morgan fingerprint density at radius 1 is 1.30 bits per heavy atom. The Bertz CT molecular complexity index is 823. The summed E-state index contributed by atoms with van der Waals surface area (Å²) in [6.07, 6.45) is 5.02. The quantitative estimate of drug-likeness (QED) is 0.730. The van der Waals surface area contributed by atoms with Crippen LogP contribution in [0, 0.1) is 5.82 Å². The van der Waals surface area contributed by atoms with E-state index >= 15 is 0 Å². The maximum Gasteiger partial charge on any atom is 0.276 e. The van der Waals surface area contributed by atoms with Crippen molar-refractivity contribution in [1.82, 2.24) is 29.4 Å². The molecule has 3 rings (SSSR count). The van der Waals surface area contributed by atoms with E-state index in [1.165, 1.54) is 27.9 Å². The zero-order valence-corrected chi connectivity index (χ0v) is 12.7. The largest absolute Gasteiger partial charge is 0.337 e. The Morgan fingerprint density at radius 2 is 2.04 bits per heavy atom. The van der Waals surface area contributed by atoms with Gasteiger partial charge in [-0.15, -0.1) is 5.10 Å². The number of nitrogens with zero attached hydrogens (tertiary/aromatic N) is 6. The number of amides is 1. The summed E-state index contributed by atoms with van der Waals surface area (Å²) in [5, 5.41) is 7.80. The van der Waals surface area contributed by atoms with Crippen LogP contribution in [0.3, 0.4) is 0 Å². The number of hydrogen-bond donors (Lipinski definition) is 0. The zero-order valence-electron chi connectivity index (χ0n) is 12.7. The number of aromatic nitrogens is 5. The van der Waals surface area contributed by atoms with E-state index in [0.717, 1.165) is 5.82 Å². The molecule has 7 nitrogen and oxygen atoms in total. The monoisotopic (exact) mass is 314 g/mol. The minimum absolute atomic E-state index is 0.214. The molecule has 0 aliphatic heterocycles. The Labute approximate surface area is 132 Å². The van der Waals surface area contributed by atoms with Crippen LogP contribution in [0.5, 0.6) is 0 Å². The average molecular weight is 314 g/mol. The Kier molecular flexibility index (Phi) is 3.88. The predicted molar refractivity (Wildman–Crippen MR) is 80.3 cm³/mol. The fourth-order valence-corrected chi connectivity index (χ4v) is 2.11. The van der Waals surface area contributed by atoms with E-state index in [-0.39, 0.29) is 17.4 Å². The lowest BCUT2D eigenvalue weighted by Gasteiger charge is -2.15. The van der Waals surface area contributed by atoms with E-state index in [1.54, 1.807) is 25.4 Å². The first-order chi connectivity index (χ1) is 11.0. The lowest BCUT2D eigenvalue weighted by atomic mass is 10.3. The van der Waals surface area contributed by atoms with Crippen molar-refractivity contribution in [3.63, 3.8) is 0 Å². The van der Waals surface area contributed by atoms with Gasteiger partial charge in [-0.25, -0.2) is 14.1 Å². The average Bonchev–Trinajstić information content (AvgIpc) is 3.17. The summed E-state index contributed by atoms with van der Waals surface area (Å²) in [5.41, 5.74) is 0.843. The third kappa shape index (κ3) is 3.10. The van der Waals surface area contributed by atoms with Crippen molar-refractivity contribution in [3.8, 4) is 5.69 Å². The topological polar surface area (TPSA) is 68.8 Å². The summed E-state index contributed by atoms with van der Waals surface area (Å²) in [7, 11) is 3.54. The number of carbonyl (C=O) groups is 1. The highest BCUT2D eigenvalue weighted by Gasteiger charge is 2.17. The predicted octanol–water partition coefficient (Wildman–Crippen LogP) is 1.41. The first-order valence-electron chi connectivity index (χ1n) is 6.94. The van der Waals surface area contributed by atoms with Crippen LogP contribution >= 0.6 is 0 Å². The normalized spacial score (nSPS) is 10.7. The Morgan fingerprint density at radius 3 is 2.70 bits per heavy atom. The van der Waals surface area contributed by atoms with Gasteiger partial charge in [0.2, 0.25) is 0 Å². The van der Waals surface area contributed by atoms with E-state index < -0.39 is 0 Å². The highest BCUT2D eigenvalue weighted by Crippen LogP contribution is 2.10. The van der Waals surface area contributed by atoms with Crippen LogP contribution in [0.1, 0.15) is 16.3 Å². The van der Waals surface area contributed by atoms with Crippen molar-refractivity contribution in [2.45, 2.75) is 6.54 Å². The fourth-order valence-electron chi connectivity index (χ4n) is 2.11. The van der Waals surface area contributed by atoms with Gasteiger partial charge in [0.15, 0.2) is 5.69 Å². The molecule has 23 heavy (non-hydrogen) atoms. The molecule has 1 amide bonds. The molecule has 0 aliphatic carbocycles. The van der Waals surface area contributed by atoms with Crippen molar-refractivity contribution >= 4 is 5.91 Å². The van der Waals surface area contributed by atoms with Gasteiger partial charge in [-0.3, -0.25) is 4.79 Å². The van der Waals surface area contributed by atoms with E-state index in [4.69, 9.17) is 0 Å². The summed E-state index contributed by atoms with van der Waals surface area (Å²) in [6.45, 7) is 0.367. The minimum atomic E-state index is -0.333.